The van der Waals surface area contributed by atoms with Crippen LogP contribution in [0.2, 0.25) is 5.02 Å². The van der Waals surface area contributed by atoms with E-state index in [1.54, 1.807) is 12.3 Å². The number of nitrogens with zero attached hydrogens (tertiary/aromatic N) is 4. The number of urea groups is 1. The van der Waals surface area contributed by atoms with Crippen molar-refractivity contribution in [3.8, 4) is 0 Å². The van der Waals surface area contributed by atoms with E-state index < -0.39 is 0 Å². The Hall–Kier alpha value is -3.04. The van der Waals surface area contributed by atoms with Gasteiger partial charge >= 0.3 is 6.03 Å². The third-order valence-corrected chi connectivity index (χ3v) is 6.02. The number of piperazine rings is 1. The fourth-order valence-electron chi connectivity index (χ4n) is 4.02. The van der Waals surface area contributed by atoms with E-state index in [4.69, 9.17) is 16.3 Å². The van der Waals surface area contributed by atoms with E-state index >= 15 is 0 Å². The summed E-state index contributed by atoms with van der Waals surface area (Å²) in [6, 6.07) is 10.9. The Bertz CT molecular complexity index is 946. The van der Waals surface area contributed by atoms with Crippen molar-refractivity contribution in [3.05, 3.63) is 47.6 Å². The molecule has 2 saturated heterocycles. The summed E-state index contributed by atoms with van der Waals surface area (Å²) in [6.07, 6.45) is 2.03. The van der Waals surface area contributed by atoms with Gasteiger partial charge in [0.1, 0.15) is 5.82 Å². The maximum atomic E-state index is 12.6. The van der Waals surface area contributed by atoms with Crippen LogP contribution in [0, 0.1) is 0 Å². The SMILES string of the molecule is O=C(NCCC(=O)N1CCN(c2ccccn2)CC1)Nc1cc(Cl)ccc1N1CCOCC1. The highest BCUT2D eigenvalue weighted by molar-refractivity contribution is 6.31. The van der Waals surface area contributed by atoms with Gasteiger partial charge in [0.15, 0.2) is 0 Å². The molecular weight excluding hydrogens is 444 g/mol. The van der Waals surface area contributed by atoms with Gasteiger partial charge in [-0.15, -0.1) is 0 Å². The molecule has 0 unspecified atom stereocenters. The van der Waals surface area contributed by atoms with Crippen molar-refractivity contribution >= 4 is 40.7 Å². The minimum atomic E-state index is -0.362. The molecule has 2 aliphatic heterocycles. The number of amides is 3. The van der Waals surface area contributed by atoms with Crippen molar-refractivity contribution < 1.29 is 14.3 Å². The van der Waals surface area contributed by atoms with Crippen LogP contribution in [-0.2, 0) is 9.53 Å². The molecule has 0 aliphatic carbocycles. The summed E-state index contributed by atoms with van der Waals surface area (Å²) in [5.41, 5.74) is 1.54. The van der Waals surface area contributed by atoms with E-state index in [0.29, 0.717) is 37.0 Å². The van der Waals surface area contributed by atoms with Crippen LogP contribution in [0.1, 0.15) is 6.42 Å². The molecule has 0 spiro atoms. The minimum absolute atomic E-state index is 0.0349. The average molecular weight is 473 g/mol. The van der Waals surface area contributed by atoms with E-state index in [9.17, 15) is 9.59 Å². The first-order chi connectivity index (χ1) is 16.1. The zero-order valence-electron chi connectivity index (χ0n) is 18.5. The van der Waals surface area contributed by atoms with Crippen LogP contribution in [0.15, 0.2) is 42.6 Å². The molecule has 176 valence electrons. The molecule has 4 rings (SSSR count). The minimum Gasteiger partial charge on any atom is -0.378 e. The van der Waals surface area contributed by atoms with E-state index in [0.717, 1.165) is 37.7 Å². The smallest absolute Gasteiger partial charge is 0.319 e. The maximum Gasteiger partial charge on any atom is 0.319 e. The summed E-state index contributed by atoms with van der Waals surface area (Å²) < 4.78 is 5.41. The Morgan fingerprint density at radius 1 is 1.00 bits per heavy atom. The standard InChI is InChI=1S/C23H29ClN6O3/c24-18-4-5-20(28-13-15-33-16-14-28)19(17-18)27-23(32)26-8-6-22(31)30-11-9-29(10-12-30)21-3-1-2-7-25-21/h1-5,7,17H,6,8-16H2,(H2,26,27,32). The van der Waals surface area contributed by atoms with Gasteiger partial charge in [0.25, 0.3) is 0 Å². The first-order valence-corrected chi connectivity index (χ1v) is 11.6. The molecular formula is C23H29ClN6O3. The van der Waals surface area contributed by atoms with Crippen LogP contribution < -0.4 is 20.4 Å². The van der Waals surface area contributed by atoms with Gasteiger partial charge in [-0.2, -0.15) is 0 Å². The lowest BCUT2D eigenvalue weighted by Gasteiger charge is -2.35. The van der Waals surface area contributed by atoms with Gasteiger partial charge in [0, 0.05) is 63.5 Å². The van der Waals surface area contributed by atoms with Crippen LogP contribution in [0.5, 0.6) is 0 Å². The Labute approximate surface area is 198 Å². The molecule has 9 nitrogen and oxygen atoms in total. The predicted octanol–water partition coefficient (Wildman–Crippen LogP) is 2.43. The quantitative estimate of drug-likeness (QED) is 0.671. The second-order valence-corrected chi connectivity index (χ2v) is 8.38. The first kappa shape index (κ1) is 23.1. The second-order valence-electron chi connectivity index (χ2n) is 7.95. The number of aromatic nitrogens is 1. The Balaban J connectivity index is 1.22. The van der Waals surface area contributed by atoms with Gasteiger partial charge in [0.05, 0.1) is 24.6 Å². The third kappa shape index (κ3) is 6.27. The largest absolute Gasteiger partial charge is 0.378 e. The van der Waals surface area contributed by atoms with Crippen LogP contribution in [0.4, 0.5) is 22.0 Å². The molecule has 0 atom stereocenters. The molecule has 2 aliphatic rings. The highest BCUT2D eigenvalue weighted by Crippen LogP contribution is 2.29. The molecule has 1 aromatic heterocycles. The normalized spacial score (nSPS) is 16.5. The molecule has 3 heterocycles. The van der Waals surface area contributed by atoms with Gasteiger partial charge in [-0.3, -0.25) is 4.79 Å². The number of rotatable bonds is 6. The lowest BCUT2D eigenvalue weighted by Crippen LogP contribution is -2.49. The van der Waals surface area contributed by atoms with Crippen molar-refractivity contribution in [2.45, 2.75) is 6.42 Å². The number of morpholine rings is 1. The number of nitrogens with one attached hydrogen (secondary N) is 2. The fraction of sp³-hybridized carbons (Fsp3) is 0.435. The van der Waals surface area contributed by atoms with Crippen LogP contribution in [0.3, 0.4) is 0 Å². The molecule has 1 aromatic carbocycles. The number of hydrogen-bond donors (Lipinski definition) is 2. The van der Waals surface area contributed by atoms with E-state index in [1.807, 2.05) is 35.2 Å². The average Bonchev–Trinajstić information content (AvgIpc) is 2.85. The Morgan fingerprint density at radius 2 is 1.79 bits per heavy atom. The van der Waals surface area contributed by atoms with Crippen molar-refractivity contribution in [2.24, 2.45) is 0 Å². The maximum absolute atomic E-state index is 12.6. The molecule has 2 fully saturated rings. The lowest BCUT2D eigenvalue weighted by atomic mass is 10.2. The van der Waals surface area contributed by atoms with Crippen LogP contribution >= 0.6 is 11.6 Å². The van der Waals surface area contributed by atoms with E-state index in [1.165, 1.54) is 0 Å². The van der Waals surface area contributed by atoms with Crippen molar-refractivity contribution in [2.75, 3.05) is 74.1 Å². The summed E-state index contributed by atoms with van der Waals surface area (Å²) in [5.74, 6) is 0.966. The number of carbonyl (C=O) groups is 2. The number of carbonyl (C=O) groups excluding carboxylic acids is 2. The van der Waals surface area contributed by atoms with Crippen molar-refractivity contribution in [1.29, 1.82) is 0 Å². The highest BCUT2D eigenvalue weighted by atomic mass is 35.5. The van der Waals surface area contributed by atoms with Gasteiger partial charge < -0.3 is 30.1 Å². The third-order valence-electron chi connectivity index (χ3n) is 5.79. The van der Waals surface area contributed by atoms with Crippen molar-refractivity contribution in [3.63, 3.8) is 0 Å². The molecule has 2 aromatic rings. The predicted molar refractivity (Wildman–Crippen MR) is 129 cm³/mol. The zero-order valence-corrected chi connectivity index (χ0v) is 19.3. The number of hydrogen-bond acceptors (Lipinski definition) is 6. The molecule has 10 heteroatoms. The first-order valence-electron chi connectivity index (χ1n) is 11.2. The Kier molecular flexibility index (Phi) is 7.85. The fourth-order valence-corrected chi connectivity index (χ4v) is 4.19. The molecule has 3 amide bonds. The molecule has 2 N–H and O–H groups in total. The highest BCUT2D eigenvalue weighted by Gasteiger charge is 2.22. The Morgan fingerprint density at radius 3 is 2.52 bits per heavy atom. The summed E-state index contributed by atoms with van der Waals surface area (Å²) in [4.78, 5) is 35.6. The number of pyridine rings is 1. The van der Waals surface area contributed by atoms with Gasteiger partial charge in [0.2, 0.25) is 5.91 Å². The van der Waals surface area contributed by atoms with E-state index in [-0.39, 0.29) is 24.9 Å². The number of anilines is 3. The molecule has 0 saturated carbocycles. The number of halogens is 1. The van der Waals surface area contributed by atoms with Gasteiger partial charge in [-0.25, -0.2) is 9.78 Å². The monoisotopic (exact) mass is 472 g/mol. The van der Waals surface area contributed by atoms with Gasteiger partial charge in [-0.05, 0) is 30.3 Å². The number of ether oxygens (including phenoxy) is 1. The van der Waals surface area contributed by atoms with Crippen LogP contribution in [-0.4, -0.2) is 80.8 Å². The summed E-state index contributed by atoms with van der Waals surface area (Å²) >= 11 is 6.15. The van der Waals surface area contributed by atoms with E-state index in [2.05, 4.69) is 25.4 Å². The molecule has 0 bridgehead atoms. The molecule has 0 radical (unpaired) electrons. The summed E-state index contributed by atoms with van der Waals surface area (Å²) in [7, 11) is 0. The van der Waals surface area contributed by atoms with Gasteiger partial charge in [-0.1, -0.05) is 17.7 Å². The summed E-state index contributed by atoms with van der Waals surface area (Å²) in [5, 5.41) is 6.20. The van der Waals surface area contributed by atoms with Crippen molar-refractivity contribution in [1.82, 2.24) is 15.2 Å². The summed E-state index contributed by atoms with van der Waals surface area (Å²) in [6.45, 7) is 5.84. The zero-order chi connectivity index (χ0) is 23.0. The van der Waals surface area contributed by atoms with Crippen LogP contribution in [0.25, 0.3) is 0 Å². The number of benzene rings is 1. The second kappa shape index (κ2) is 11.2. The topological polar surface area (TPSA) is 90.0 Å². The lowest BCUT2D eigenvalue weighted by molar-refractivity contribution is -0.131. The molecule has 33 heavy (non-hydrogen) atoms.